The van der Waals surface area contributed by atoms with Gasteiger partial charge in [-0.15, -0.1) is 0 Å². The fourth-order valence-corrected chi connectivity index (χ4v) is 1.65. The van der Waals surface area contributed by atoms with E-state index in [2.05, 4.69) is 5.32 Å². The summed E-state index contributed by atoms with van der Waals surface area (Å²) in [6.07, 6.45) is 1.35. The van der Waals surface area contributed by atoms with Crippen LogP contribution in [0.2, 0.25) is 0 Å². The summed E-state index contributed by atoms with van der Waals surface area (Å²) in [5, 5.41) is 12.1. The summed E-state index contributed by atoms with van der Waals surface area (Å²) in [6.45, 7) is 1.95. The van der Waals surface area contributed by atoms with Crippen molar-refractivity contribution in [3.05, 3.63) is 18.2 Å². The molecule has 0 saturated carbocycles. The van der Waals surface area contributed by atoms with Crippen molar-refractivity contribution in [2.75, 3.05) is 19.5 Å². The number of carbonyl (C=O) groups is 1. The molecule has 1 aromatic rings. The van der Waals surface area contributed by atoms with Crippen molar-refractivity contribution in [1.82, 2.24) is 0 Å². The zero-order valence-corrected chi connectivity index (χ0v) is 10.9. The van der Waals surface area contributed by atoms with E-state index >= 15 is 0 Å². The number of benzene rings is 1. The third kappa shape index (κ3) is 3.55. The number of hydrogen-bond donors (Lipinski definition) is 2. The molecule has 0 spiro atoms. The number of carboxylic acids is 1. The average Bonchev–Trinajstić information content (AvgIpc) is 2.38. The summed E-state index contributed by atoms with van der Waals surface area (Å²) in [4.78, 5) is 11.1. The SMILES string of the molecule is CCCC(Nc1ccc(OC)cc1OC)C(=O)O. The summed E-state index contributed by atoms with van der Waals surface area (Å²) < 4.78 is 10.3. The maximum absolute atomic E-state index is 11.1. The minimum atomic E-state index is -0.866. The van der Waals surface area contributed by atoms with E-state index < -0.39 is 12.0 Å². The van der Waals surface area contributed by atoms with E-state index in [1.165, 1.54) is 7.11 Å². The number of ether oxygens (including phenoxy) is 2. The molecule has 0 heterocycles. The zero-order chi connectivity index (χ0) is 13.5. The van der Waals surface area contributed by atoms with Gasteiger partial charge in [0.2, 0.25) is 0 Å². The first-order valence-electron chi connectivity index (χ1n) is 5.83. The highest BCUT2D eigenvalue weighted by Gasteiger charge is 2.17. The van der Waals surface area contributed by atoms with Crippen LogP contribution in [-0.4, -0.2) is 31.3 Å². The second-order valence-corrected chi connectivity index (χ2v) is 3.89. The quantitative estimate of drug-likeness (QED) is 0.780. The van der Waals surface area contributed by atoms with Crippen molar-refractivity contribution < 1.29 is 19.4 Å². The molecule has 0 bridgehead atoms. The number of hydrogen-bond acceptors (Lipinski definition) is 4. The van der Waals surface area contributed by atoms with Crippen molar-refractivity contribution in [1.29, 1.82) is 0 Å². The number of aliphatic carboxylic acids is 1. The van der Waals surface area contributed by atoms with E-state index in [0.29, 0.717) is 23.6 Å². The molecule has 0 saturated heterocycles. The summed E-state index contributed by atoms with van der Waals surface area (Å²) in [5.41, 5.74) is 0.652. The van der Waals surface area contributed by atoms with Crippen molar-refractivity contribution in [3.8, 4) is 11.5 Å². The van der Waals surface area contributed by atoms with Gasteiger partial charge in [-0.05, 0) is 18.6 Å². The molecule has 100 valence electrons. The monoisotopic (exact) mass is 253 g/mol. The standard InChI is InChI=1S/C13H19NO4/c1-4-5-11(13(15)16)14-10-7-6-9(17-2)8-12(10)18-3/h6-8,11,14H,4-5H2,1-3H3,(H,15,16). The molecule has 1 atom stereocenters. The topological polar surface area (TPSA) is 67.8 Å². The molecule has 0 aliphatic rings. The van der Waals surface area contributed by atoms with Crippen LogP contribution in [0, 0.1) is 0 Å². The van der Waals surface area contributed by atoms with Crippen LogP contribution in [0.25, 0.3) is 0 Å². The molecular formula is C13H19NO4. The predicted molar refractivity (Wildman–Crippen MR) is 69.5 cm³/mol. The number of anilines is 1. The largest absolute Gasteiger partial charge is 0.497 e. The normalized spacial score (nSPS) is 11.7. The Hall–Kier alpha value is -1.91. The van der Waals surface area contributed by atoms with E-state index in [4.69, 9.17) is 14.6 Å². The van der Waals surface area contributed by atoms with E-state index in [1.54, 1.807) is 25.3 Å². The third-order valence-electron chi connectivity index (χ3n) is 2.61. The fraction of sp³-hybridized carbons (Fsp3) is 0.462. The number of rotatable bonds is 7. The molecule has 5 heteroatoms. The summed E-state index contributed by atoms with van der Waals surface area (Å²) in [7, 11) is 3.11. The molecule has 1 aromatic carbocycles. The number of nitrogens with one attached hydrogen (secondary N) is 1. The van der Waals surface area contributed by atoms with Gasteiger partial charge in [-0.2, -0.15) is 0 Å². The van der Waals surface area contributed by atoms with Crippen LogP contribution in [0.5, 0.6) is 11.5 Å². The van der Waals surface area contributed by atoms with Gasteiger partial charge in [-0.25, -0.2) is 4.79 Å². The Labute approximate surface area is 107 Å². The molecule has 1 unspecified atom stereocenters. The summed E-state index contributed by atoms with van der Waals surface area (Å²) >= 11 is 0. The van der Waals surface area contributed by atoms with Crippen LogP contribution in [0.3, 0.4) is 0 Å². The molecule has 0 radical (unpaired) electrons. The number of carboxylic acid groups (broad SMARTS) is 1. The van der Waals surface area contributed by atoms with Crippen LogP contribution >= 0.6 is 0 Å². The lowest BCUT2D eigenvalue weighted by Crippen LogP contribution is -2.29. The first-order valence-corrected chi connectivity index (χ1v) is 5.83. The van der Waals surface area contributed by atoms with Gasteiger partial charge in [0.15, 0.2) is 0 Å². The third-order valence-corrected chi connectivity index (χ3v) is 2.61. The maximum atomic E-state index is 11.1. The molecule has 0 aromatic heterocycles. The second kappa shape index (κ2) is 6.74. The molecule has 1 rings (SSSR count). The van der Waals surface area contributed by atoms with Crippen molar-refractivity contribution in [2.45, 2.75) is 25.8 Å². The minimum absolute atomic E-state index is 0.560. The van der Waals surface area contributed by atoms with Gasteiger partial charge in [0.1, 0.15) is 17.5 Å². The molecule has 0 aliphatic carbocycles. The Bertz CT molecular complexity index is 406. The van der Waals surface area contributed by atoms with E-state index in [0.717, 1.165) is 6.42 Å². The number of methoxy groups -OCH3 is 2. The zero-order valence-electron chi connectivity index (χ0n) is 10.9. The van der Waals surface area contributed by atoms with E-state index in [1.807, 2.05) is 6.92 Å². The van der Waals surface area contributed by atoms with Gasteiger partial charge in [0.05, 0.1) is 19.9 Å². The summed E-state index contributed by atoms with van der Waals surface area (Å²) in [6, 6.07) is 4.61. The van der Waals surface area contributed by atoms with Crippen molar-refractivity contribution in [3.63, 3.8) is 0 Å². The summed E-state index contributed by atoms with van der Waals surface area (Å²) in [5.74, 6) is 0.367. The molecule has 0 fully saturated rings. The Morgan fingerprint density at radius 1 is 1.39 bits per heavy atom. The van der Waals surface area contributed by atoms with Crippen molar-refractivity contribution >= 4 is 11.7 Å². The molecule has 0 aliphatic heterocycles. The van der Waals surface area contributed by atoms with E-state index in [9.17, 15) is 4.79 Å². The van der Waals surface area contributed by atoms with Crippen LogP contribution in [0.1, 0.15) is 19.8 Å². The Balaban J connectivity index is 2.91. The molecular weight excluding hydrogens is 234 g/mol. The molecule has 2 N–H and O–H groups in total. The van der Waals surface area contributed by atoms with E-state index in [-0.39, 0.29) is 0 Å². The van der Waals surface area contributed by atoms with Crippen LogP contribution in [-0.2, 0) is 4.79 Å². The first kappa shape index (κ1) is 14.2. The lowest BCUT2D eigenvalue weighted by molar-refractivity contribution is -0.138. The van der Waals surface area contributed by atoms with Crippen molar-refractivity contribution in [2.24, 2.45) is 0 Å². The van der Waals surface area contributed by atoms with Gasteiger partial charge in [-0.3, -0.25) is 0 Å². The Kier molecular flexibility index (Phi) is 5.30. The average molecular weight is 253 g/mol. The lowest BCUT2D eigenvalue weighted by Gasteiger charge is -2.17. The van der Waals surface area contributed by atoms with Gasteiger partial charge < -0.3 is 19.9 Å². The Morgan fingerprint density at radius 3 is 2.61 bits per heavy atom. The van der Waals surface area contributed by atoms with Crippen LogP contribution < -0.4 is 14.8 Å². The highest BCUT2D eigenvalue weighted by Crippen LogP contribution is 2.29. The fourth-order valence-electron chi connectivity index (χ4n) is 1.65. The highest BCUT2D eigenvalue weighted by molar-refractivity contribution is 5.78. The van der Waals surface area contributed by atoms with Gasteiger partial charge in [-0.1, -0.05) is 13.3 Å². The molecule has 0 amide bonds. The molecule has 18 heavy (non-hydrogen) atoms. The first-order chi connectivity index (χ1) is 8.62. The lowest BCUT2D eigenvalue weighted by atomic mass is 10.1. The molecule has 5 nitrogen and oxygen atoms in total. The van der Waals surface area contributed by atoms with Gasteiger partial charge in [0, 0.05) is 6.07 Å². The van der Waals surface area contributed by atoms with Crippen LogP contribution in [0.4, 0.5) is 5.69 Å². The predicted octanol–water partition coefficient (Wildman–Crippen LogP) is 2.37. The van der Waals surface area contributed by atoms with Gasteiger partial charge >= 0.3 is 5.97 Å². The van der Waals surface area contributed by atoms with Gasteiger partial charge in [0.25, 0.3) is 0 Å². The Morgan fingerprint density at radius 2 is 2.11 bits per heavy atom. The maximum Gasteiger partial charge on any atom is 0.326 e. The minimum Gasteiger partial charge on any atom is -0.497 e. The smallest absolute Gasteiger partial charge is 0.326 e. The second-order valence-electron chi connectivity index (χ2n) is 3.89. The van der Waals surface area contributed by atoms with Crippen LogP contribution in [0.15, 0.2) is 18.2 Å². The highest BCUT2D eigenvalue weighted by atomic mass is 16.5.